The second kappa shape index (κ2) is 15.2. The van der Waals surface area contributed by atoms with Gasteiger partial charge in [0.05, 0.1) is 22.3 Å². The minimum atomic E-state index is -1.76. The average Bonchev–Trinajstić information content (AvgIpc) is 3.06. The lowest BCUT2D eigenvalue weighted by atomic mass is 9.99. The van der Waals surface area contributed by atoms with E-state index in [0.717, 1.165) is 48.5 Å². The number of rotatable bonds is 9. The molecule has 1 aliphatic rings. The van der Waals surface area contributed by atoms with Gasteiger partial charge in [-0.05, 0) is 72.8 Å². The van der Waals surface area contributed by atoms with Crippen LogP contribution in [-0.2, 0) is 23.7 Å². The molecule has 9 nitrogen and oxygen atoms in total. The zero-order valence-electron chi connectivity index (χ0n) is 24.4. The molecule has 0 aromatic heterocycles. The molecule has 5 atom stereocenters. The summed E-state index contributed by atoms with van der Waals surface area (Å²) in [6.45, 7) is -0.683. The molecule has 4 aromatic carbocycles. The van der Waals surface area contributed by atoms with Gasteiger partial charge in [-0.25, -0.2) is 36.7 Å². The Hall–Kier alpha value is -5.08. The number of carbonyl (C=O) groups excluding carboxylic acids is 4. The number of esters is 4. The molecule has 0 spiro atoms. The molecule has 0 unspecified atom stereocenters. The number of hydrogen-bond acceptors (Lipinski definition) is 9. The lowest BCUT2D eigenvalue weighted by Crippen LogP contribution is -2.61. The van der Waals surface area contributed by atoms with E-state index in [1.165, 1.54) is 48.5 Å². The average molecular weight is 731 g/mol. The predicted octanol–water partition coefficient (Wildman–Crippen LogP) is 6.20. The number of alkyl halides is 1. The summed E-state index contributed by atoms with van der Waals surface area (Å²) in [6.07, 6.45) is -6.58. The Kier molecular flexibility index (Phi) is 10.9. The van der Waals surface area contributed by atoms with Crippen LogP contribution in [0.15, 0.2) is 97.1 Å². The van der Waals surface area contributed by atoms with Crippen LogP contribution >= 0.6 is 15.9 Å². The van der Waals surface area contributed by atoms with Crippen LogP contribution in [0.2, 0.25) is 0 Å². The van der Waals surface area contributed by atoms with E-state index in [0.29, 0.717) is 0 Å². The lowest BCUT2D eigenvalue weighted by Gasteiger charge is -2.43. The van der Waals surface area contributed by atoms with Crippen LogP contribution in [0.3, 0.4) is 0 Å². The Morgan fingerprint density at radius 1 is 0.542 bits per heavy atom. The smallest absolute Gasteiger partial charge is 0.338 e. The van der Waals surface area contributed by atoms with E-state index in [-0.39, 0.29) is 22.3 Å². The Morgan fingerprint density at radius 3 is 1.29 bits per heavy atom. The first-order chi connectivity index (χ1) is 23.0. The zero-order chi connectivity index (χ0) is 34.4. The summed E-state index contributed by atoms with van der Waals surface area (Å²) in [5.41, 5.74) is -0.933. The fourth-order valence-corrected chi connectivity index (χ4v) is 5.37. The second-order valence-electron chi connectivity index (χ2n) is 10.3. The van der Waals surface area contributed by atoms with E-state index < -0.39 is 83.2 Å². The van der Waals surface area contributed by atoms with Crippen LogP contribution in [-0.4, -0.2) is 59.9 Å². The van der Waals surface area contributed by atoms with Crippen molar-refractivity contribution in [2.24, 2.45) is 0 Å². The van der Waals surface area contributed by atoms with Crippen molar-refractivity contribution in [2.45, 2.75) is 29.4 Å². The SMILES string of the molecule is O=C(OC[C@H]1O[C@H](Br)[C@H](OC(=O)c2cccc(F)c2)[C@@H](OC(=O)c2cccc(F)c2)[C@@H]1OC(=O)c1cccc(F)c1)c1cccc(F)c1. The molecule has 1 fully saturated rings. The molecule has 14 heteroatoms. The van der Waals surface area contributed by atoms with Crippen molar-refractivity contribution in [1.29, 1.82) is 0 Å². The van der Waals surface area contributed by atoms with Gasteiger partial charge in [-0.2, -0.15) is 0 Å². The van der Waals surface area contributed by atoms with Crippen molar-refractivity contribution >= 4 is 39.8 Å². The normalized spacial score (nSPS) is 20.3. The Labute approximate surface area is 278 Å². The fourth-order valence-electron chi connectivity index (χ4n) is 4.68. The van der Waals surface area contributed by atoms with Crippen molar-refractivity contribution in [1.82, 2.24) is 0 Å². The van der Waals surface area contributed by atoms with Gasteiger partial charge >= 0.3 is 23.9 Å². The van der Waals surface area contributed by atoms with Gasteiger partial charge in [0.2, 0.25) is 0 Å². The maximum absolute atomic E-state index is 14.0. The third-order valence-electron chi connectivity index (χ3n) is 6.93. The van der Waals surface area contributed by atoms with Crippen molar-refractivity contribution in [3.05, 3.63) is 143 Å². The van der Waals surface area contributed by atoms with Crippen molar-refractivity contribution < 1.29 is 60.4 Å². The molecular formula is C34H23BrF4O9. The maximum atomic E-state index is 14.0. The Balaban J connectivity index is 1.51. The van der Waals surface area contributed by atoms with E-state index in [4.69, 9.17) is 23.7 Å². The first kappa shape index (κ1) is 34.3. The topological polar surface area (TPSA) is 114 Å². The van der Waals surface area contributed by atoms with Crippen molar-refractivity contribution in [2.75, 3.05) is 6.61 Å². The number of carbonyl (C=O) groups is 4. The molecule has 4 aromatic rings. The molecule has 0 bridgehead atoms. The van der Waals surface area contributed by atoms with Crippen LogP contribution in [0.25, 0.3) is 0 Å². The minimum absolute atomic E-state index is 0.162. The third kappa shape index (κ3) is 8.44. The van der Waals surface area contributed by atoms with Gasteiger partial charge in [-0.3, -0.25) is 0 Å². The number of ether oxygens (including phenoxy) is 5. The van der Waals surface area contributed by atoms with Gasteiger partial charge in [0, 0.05) is 0 Å². The summed E-state index contributed by atoms with van der Waals surface area (Å²) in [6, 6.07) is 17.9. The number of hydrogen-bond donors (Lipinski definition) is 0. The number of halogens is 5. The van der Waals surface area contributed by atoms with Crippen LogP contribution in [0.1, 0.15) is 41.4 Å². The molecular weight excluding hydrogens is 708 g/mol. The highest BCUT2D eigenvalue weighted by Crippen LogP contribution is 2.33. The van der Waals surface area contributed by atoms with E-state index in [1.54, 1.807) is 0 Å². The third-order valence-corrected chi connectivity index (χ3v) is 7.66. The van der Waals surface area contributed by atoms with Gasteiger partial charge in [-0.15, -0.1) is 0 Å². The van der Waals surface area contributed by atoms with Gasteiger partial charge in [-0.1, -0.05) is 40.2 Å². The fraction of sp³-hybridized carbons (Fsp3) is 0.176. The molecule has 0 amide bonds. The first-order valence-electron chi connectivity index (χ1n) is 14.1. The van der Waals surface area contributed by atoms with Gasteiger partial charge in [0.1, 0.15) is 36.0 Å². The summed E-state index contributed by atoms with van der Waals surface area (Å²) >= 11 is 3.21. The van der Waals surface area contributed by atoms with Crippen LogP contribution in [0.5, 0.6) is 0 Å². The van der Waals surface area contributed by atoms with Gasteiger partial charge in [0.25, 0.3) is 0 Å². The van der Waals surface area contributed by atoms with Gasteiger partial charge in [0.15, 0.2) is 23.3 Å². The van der Waals surface area contributed by atoms with Crippen molar-refractivity contribution in [3.63, 3.8) is 0 Å². The standard InChI is InChI=1S/C34H23BrF4O9/c35-30-29(48-34(43)21-8-4-12-25(39)16-21)28(47-33(42)20-7-3-11-24(38)15-20)27(46-32(41)19-6-2-10-23(37)14-19)26(45-30)17-44-31(40)18-5-1-9-22(36)13-18/h1-16,26-30H,17H2/t26-,27-,28+,29-,30+/m1/s1. The number of benzene rings is 4. The summed E-state index contributed by atoms with van der Waals surface area (Å²) < 4.78 is 83.8. The van der Waals surface area contributed by atoms with Crippen LogP contribution in [0.4, 0.5) is 17.6 Å². The quantitative estimate of drug-likeness (QED) is 0.0860. The minimum Gasteiger partial charge on any atom is -0.459 e. The molecule has 48 heavy (non-hydrogen) atoms. The van der Waals surface area contributed by atoms with E-state index >= 15 is 0 Å². The summed E-state index contributed by atoms with van der Waals surface area (Å²) in [4.78, 5) is 52.5. The van der Waals surface area contributed by atoms with Crippen LogP contribution < -0.4 is 0 Å². The molecule has 1 saturated heterocycles. The van der Waals surface area contributed by atoms with Gasteiger partial charge < -0.3 is 23.7 Å². The molecule has 248 valence electrons. The lowest BCUT2D eigenvalue weighted by molar-refractivity contribution is -0.205. The molecule has 0 aliphatic carbocycles. The molecule has 1 aliphatic heterocycles. The van der Waals surface area contributed by atoms with E-state index in [1.807, 2.05) is 0 Å². The molecule has 5 rings (SSSR count). The monoisotopic (exact) mass is 730 g/mol. The van der Waals surface area contributed by atoms with Crippen LogP contribution in [0, 0.1) is 23.3 Å². The summed E-state index contributed by atoms with van der Waals surface area (Å²) in [5, 5.41) is -1.35. The van der Waals surface area contributed by atoms with Crippen molar-refractivity contribution in [3.8, 4) is 0 Å². The first-order valence-corrected chi connectivity index (χ1v) is 15.0. The molecule has 0 saturated carbocycles. The van der Waals surface area contributed by atoms with E-state index in [2.05, 4.69) is 15.9 Å². The Morgan fingerprint density at radius 2 is 0.896 bits per heavy atom. The maximum Gasteiger partial charge on any atom is 0.338 e. The molecule has 0 N–H and O–H groups in total. The predicted molar refractivity (Wildman–Crippen MR) is 161 cm³/mol. The summed E-state index contributed by atoms with van der Waals surface area (Å²) in [5.74, 6) is -7.39. The highest BCUT2D eigenvalue weighted by Gasteiger charge is 2.52. The molecule has 0 radical (unpaired) electrons. The largest absolute Gasteiger partial charge is 0.459 e. The van der Waals surface area contributed by atoms with E-state index in [9.17, 15) is 36.7 Å². The Bertz CT molecular complexity index is 1840. The highest BCUT2D eigenvalue weighted by molar-refractivity contribution is 9.09. The highest BCUT2D eigenvalue weighted by atomic mass is 79.9. The molecule has 1 heterocycles. The second-order valence-corrected chi connectivity index (χ2v) is 11.2. The zero-order valence-corrected chi connectivity index (χ0v) is 26.0. The summed E-state index contributed by atoms with van der Waals surface area (Å²) in [7, 11) is 0.